The standard InChI is InChI=1S/C25H36O3/c1-8-9-12-18-13-10-11-14-20(18)28-22(26)19-15-16-25(27,24(5,6)7)21(17-19)23(2,3)4/h10-11,13-17,19,27H,8-9,12H2,1-7H3. The van der Waals surface area contributed by atoms with Gasteiger partial charge in [-0.1, -0.05) is 91.3 Å². The minimum atomic E-state index is -1.10. The van der Waals surface area contributed by atoms with Crippen molar-refractivity contribution in [3.8, 4) is 5.75 Å². The zero-order valence-electron chi connectivity index (χ0n) is 18.5. The van der Waals surface area contributed by atoms with Gasteiger partial charge < -0.3 is 9.84 Å². The van der Waals surface area contributed by atoms with Crippen molar-refractivity contribution in [2.45, 2.75) is 73.3 Å². The number of rotatable bonds is 5. The fraction of sp³-hybridized carbons (Fsp3) is 0.560. The van der Waals surface area contributed by atoms with Crippen molar-refractivity contribution in [2.24, 2.45) is 16.7 Å². The summed E-state index contributed by atoms with van der Waals surface area (Å²) >= 11 is 0. The molecule has 0 saturated carbocycles. The lowest BCUT2D eigenvalue weighted by Gasteiger charge is -2.46. The van der Waals surface area contributed by atoms with E-state index < -0.39 is 11.5 Å². The van der Waals surface area contributed by atoms with E-state index in [9.17, 15) is 9.90 Å². The summed E-state index contributed by atoms with van der Waals surface area (Å²) < 4.78 is 5.78. The van der Waals surface area contributed by atoms with Crippen LogP contribution in [-0.4, -0.2) is 16.7 Å². The van der Waals surface area contributed by atoms with Gasteiger partial charge in [0.05, 0.1) is 5.92 Å². The number of aryl methyl sites for hydroxylation is 1. The molecule has 0 aliphatic heterocycles. The van der Waals surface area contributed by atoms with Crippen molar-refractivity contribution in [2.75, 3.05) is 0 Å². The Morgan fingerprint density at radius 3 is 2.36 bits per heavy atom. The van der Waals surface area contributed by atoms with Crippen LogP contribution in [0.25, 0.3) is 0 Å². The Morgan fingerprint density at radius 2 is 1.79 bits per heavy atom. The predicted molar refractivity (Wildman–Crippen MR) is 115 cm³/mol. The van der Waals surface area contributed by atoms with Crippen molar-refractivity contribution >= 4 is 5.97 Å². The predicted octanol–water partition coefficient (Wildman–Crippen LogP) is 5.87. The van der Waals surface area contributed by atoms with Gasteiger partial charge in [0.1, 0.15) is 11.4 Å². The first-order chi connectivity index (χ1) is 12.9. The molecule has 0 amide bonds. The number of hydrogen-bond donors (Lipinski definition) is 1. The van der Waals surface area contributed by atoms with Gasteiger partial charge in [-0.3, -0.25) is 4.79 Å². The highest BCUT2D eigenvalue weighted by Gasteiger charge is 2.47. The molecule has 2 unspecified atom stereocenters. The molecule has 0 radical (unpaired) electrons. The van der Waals surface area contributed by atoms with Gasteiger partial charge in [-0.2, -0.15) is 0 Å². The maximum absolute atomic E-state index is 12.9. The van der Waals surface area contributed by atoms with E-state index in [1.165, 1.54) is 0 Å². The van der Waals surface area contributed by atoms with E-state index in [1.54, 1.807) is 12.2 Å². The first kappa shape index (κ1) is 22.4. The van der Waals surface area contributed by atoms with Crippen molar-refractivity contribution in [3.63, 3.8) is 0 Å². The van der Waals surface area contributed by atoms with Crippen LogP contribution in [0.1, 0.15) is 66.9 Å². The Balaban J connectivity index is 2.31. The van der Waals surface area contributed by atoms with E-state index in [0.717, 1.165) is 30.4 Å². The first-order valence-corrected chi connectivity index (χ1v) is 10.3. The minimum Gasteiger partial charge on any atom is -0.426 e. The van der Waals surface area contributed by atoms with Crippen LogP contribution in [0.2, 0.25) is 0 Å². The van der Waals surface area contributed by atoms with E-state index in [2.05, 4.69) is 27.7 Å². The topological polar surface area (TPSA) is 46.5 Å². The molecule has 1 aliphatic rings. The molecule has 0 heterocycles. The lowest BCUT2D eigenvalue weighted by Crippen LogP contribution is -2.48. The molecule has 2 atom stereocenters. The van der Waals surface area contributed by atoms with Gasteiger partial charge in [0.15, 0.2) is 0 Å². The second kappa shape index (κ2) is 8.24. The molecule has 1 aliphatic carbocycles. The molecule has 3 nitrogen and oxygen atoms in total. The molecule has 0 fully saturated rings. The summed E-state index contributed by atoms with van der Waals surface area (Å²) in [5.41, 5.74) is 0.162. The van der Waals surface area contributed by atoms with E-state index in [4.69, 9.17) is 4.74 Å². The van der Waals surface area contributed by atoms with E-state index in [0.29, 0.717) is 5.75 Å². The quantitative estimate of drug-likeness (QED) is 0.392. The first-order valence-electron chi connectivity index (χ1n) is 10.3. The molecular weight excluding hydrogens is 348 g/mol. The van der Waals surface area contributed by atoms with Gasteiger partial charge in [0, 0.05) is 0 Å². The number of para-hydroxylation sites is 1. The molecule has 154 valence electrons. The van der Waals surface area contributed by atoms with Crippen LogP contribution >= 0.6 is 0 Å². The number of carbonyl (C=O) groups is 1. The van der Waals surface area contributed by atoms with Crippen LogP contribution in [0.15, 0.2) is 48.1 Å². The lowest BCUT2D eigenvalue weighted by atomic mass is 9.62. The monoisotopic (exact) mass is 384 g/mol. The van der Waals surface area contributed by atoms with E-state index in [1.807, 2.05) is 51.1 Å². The van der Waals surface area contributed by atoms with Crippen LogP contribution in [0, 0.1) is 16.7 Å². The zero-order valence-corrected chi connectivity index (χ0v) is 18.5. The molecule has 0 saturated heterocycles. The molecule has 0 spiro atoms. The lowest BCUT2D eigenvalue weighted by molar-refractivity contribution is -0.136. The van der Waals surface area contributed by atoms with Crippen molar-refractivity contribution < 1.29 is 14.6 Å². The second-order valence-corrected chi connectivity index (χ2v) is 9.86. The summed E-state index contributed by atoms with van der Waals surface area (Å²) in [6.07, 6.45) is 8.50. The Morgan fingerprint density at radius 1 is 1.14 bits per heavy atom. The van der Waals surface area contributed by atoms with Crippen LogP contribution in [-0.2, 0) is 11.2 Å². The molecular formula is C25H36O3. The highest BCUT2D eigenvalue weighted by atomic mass is 16.5. The summed E-state index contributed by atoms with van der Waals surface area (Å²) in [7, 11) is 0. The van der Waals surface area contributed by atoms with Crippen LogP contribution in [0.5, 0.6) is 5.75 Å². The molecule has 1 N–H and O–H groups in total. The highest BCUT2D eigenvalue weighted by molar-refractivity contribution is 5.80. The highest BCUT2D eigenvalue weighted by Crippen LogP contribution is 2.47. The molecule has 28 heavy (non-hydrogen) atoms. The summed E-state index contributed by atoms with van der Waals surface area (Å²) in [4.78, 5) is 12.9. The van der Waals surface area contributed by atoms with E-state index in [-0.39, 0.29) is 16.8 Å². The number of ether oxygens (including phenoxy) is 1. The van der Waals surface area contributed by atoms with Crippen LogP contribution < -0.4 is 4.74 Å². The minimum absolute atomic E-state index is 0.273. The van der Waals surface area contributed by atoms with Crippen molar-refractivity contribution in [1.82, 2.24) is 0 Å². The smallest absolute Gasteiger partial charge is 0.322 e. The van der Waals surface area contributed by atoms with Crippen LogP contribution in [0.4, 0.5) is 0 Å². The third-order valence-corrected chi connectivity index (χ3v) is 5.51. The average Bonchev–Trinajstić information content (AvgIpc) is 2.59. The largest absolute Gasteiger partial charge is 0.426 e. The summed E-state index contributed by atoms with van der Waals surface area (Å²) in [6, 6.07) is 7.74. The molecule has 0 bridgehead atoms. The van der Waals surface area contributed by atoms with Gasteiger partial charge in [-0.15, -0.1) is 0 Å². The Kier molecular flexibility index (Phi) is 6.60. The molecule has 1 aromatic rings. The van der Waals surface area contributed by atoms with Gasteiger partial charge >= 0.3 is 5.97 Å². The number of benzene rings is 1. The Hall–Kier alpha value is -1.87. The summed E-state index contributed by atoms with van der Waals surface area (Å²) in [5, 5.41) is 11.4. The fourth-order valence-corrected chi connectivity index (χ4v) is 3.67. The molecule has 2 rings (SSSR count). The number of carbonyl (C=O) groups excluding carboxylic acids is 1. The zero-order chi connectivity index (χ0) is 21.2. The summed E-state index contributed by atoms with van der Waals surface area (Å²) in [5.74, 6) is -0.175. The van der Waals surface area contributed by atoms with Gasteiger partial charge in [0.2, 0.25) is 0 Å². The maximum atomic E-state index is 12.9. The normalized spacial score (nSPS) is 22.7. The van der Waals surface area contributed by atoms with Gasteiger partial charge in [-0.05, 0) is 40.9 Å². The number of hydrogen-bond acceptors (Lipinski definition) is 3. The number of aliphatic hydroxyl groups is 1. The van der Waals surface area contributed by atoms with Crippen LogP contribution in [0.3, 0.4) is 0 Å². The van der Waals surface area contributed by atoms with Crippen molar-refractivity contribution in [1.29, 1.82) is 0 Å². The maximum Gasteiger partial charge on any atom is 0.322 e. The molecule has 0 aromatic heterocycles. The van der Waals surface area contributed by atoms with Gasteiger partial charge in [-0.25, -0.2) is 0 Å². The SMILES string of the molecule is CCCCc1ccccc1OC(=O)C1C=CC(O)(C(C)(C)C)C(C(C)(C)C)=C1. The average molecular weight is 385 g/mol. The third kappa shape index (κ3) is 4.75. The summed E-state index contributed by atoms with van der Waals surface area (Å²) in [6.45, 7) is 14.4. The molecule has 1 aromatic carbocycles. The van der Waals surface area contributed by atoms with E-state index >= 15 is 0 Å². The van der Waals surface area contributed by atoms with Crippen molar-refractivity contribution in [3.05, 3.63) is 53.6 Å². The van der Waals surface area contributed by atoms with Gasteiger partial charge in [0.25, 0.3) is 0 Å². The third-order valence-electron chi connectivity index (χ3n) is 5.51. The number of unbranched alkanes of at least 4 members (excludes halogenated alkanes) is 1. The molecule has 3 heteroatoms. The Bertz CT molecular complexity index is 759. The number of esters is 1. The Labute approximate surface area is 170 Å². The second-order valence-electron chi connectivity index (χ2n) is 9.86. The fourth-order valence-electron chi connectivity index (χ4n) is 3.67.